The van der Waals surface area contributed by atoms with E-state index >= 15 is 0 Å². The molecule has 0 radical (unpaired) electrons. The van der Waals surface area contributed by atoms with E-state index in [1.54, 1.807) is 0 Å². The van der Waals surface area contributed by atoms with E-state index in [1.807, 2.05) is 0 Å². The first kappa shape index (κ1) is 12.6. The van der Waals surface area contributed by atoms with E-state index in [1.165, 1.54) is 55.5 Å². The molecular weight excluding hydrogens is 288 g/mol. The molecule has 2 nitrogen and oxygen atoms in total. The lowest BCUT2D eigenvalue weighted by Gasteiger charge is -2.25. The predicted octanol–water partition coefficient (Wildman–Crippen LogP) is 3.12. The Morgan fingerprint density at radius 1 is 1.11 bits per heavy atom. The Kier molecular flexibility index (Phi) is 4.02. The molecule has 2 fully saturated rings. The third-order valence-electron chi connectivity index (χ3n) is 4.24. The third-order valence-corrected chi connectivity index (χ3v) is 5.01. The molecule has 98 valence electrons. The molecule has 2 aliphatic rings. The van der Waals surface area contributed by atoms with Crippen molar-refractivity contribution in [3.8, 4) is 0 Å². The zero-order valence-corrected chi connectivity index (χ0v) is 12.4. The second-order valence-electron chi connectivity index (χ2n) is 5.51. The molecule has 18 heavy (non-hydrogen) atoms. The van der Waals surface area contributed by atoms with Gasteiger partial charge in [0.1, 0.15) is 0 Å². The van der Waals surface area contributed by atoms with Crippen LogP contribution in [0, 0.1) is 0 Å². The minimum absolute atomic E-state index is 0.815. The van der Waals surface area contributed by atoms with Crippen molar-refractivity contribution in [2.75, 3.05) is 26.2 Å². The highest BCUT2D eigenvalue weighted by Crippen LogP contribution is 2.24. The van der Waals surface area contributed by atoms with Gasteiger partial charge in [0.2, 0.25) is 0 Å². The molecular formula is C15H21BrN2. The molecule has 0 amide bonds. The predicted molar refractivity (Wildman–Crippen MR) is 78.6 cm³/mol. The highest BCUT2D eigenvalue weighted by atomic mass is 79.9. The number of fused-ring (bicyclic) bond motifs is 1. The van der Waals surface area contributed by atoms with E-state index in [4.69, 9.17) is 0 Å². The summed E-state index contributed by atoms with van der Waals surface area (Å²) in [4.78, 5) is 5.33. The zero-order valence-electron chi connectivity index (χ0n) is 10.8. The Morgan fingerprint density at radius 3 is 2.83 bits per heavy atom. The number of halogens is 1. The van der Waals surface area contributed by atoms with Crippen LogP contribution in [0.5, 0.6) is 0 Å². The van der Waals surface area contributed by atoms with Crippen molar-refractivity contribution in [1.29, 1.82) is 0 Å². The SMILES string of the molecule is Brc1ccccc1CN1CCCN2CCCC2C1. The maximum atomic E-state index is 3.66. The highest BCUT2D eigenvalue weighted by molar-refractivity contribution is 9.10. The van der Waals surface area contributed by atoms with Crippen LogP contribution < -0.4 is 0 Å². The molecule has 3 rings (SSSR count). The van der Waals surface area contributed by atoms with E-state index in [2.05, 4.69) is 50.0 Å². The second-order valence-corrected chi connectivity index (χ2v) is 6.37. The smallest absolute Gasteiger partial charge is 0.0245 e. The van der Waals surface area contributed by atoms with Gasteiger partial charge in [0.15, 0.2) is 0 Å². The van der Waals surface area contributed by atoms with E-state index in [9.17, 15) is 0 Å². The summed E-state index contributed by atoms with van der Waals surface area (Å²) in [7, 11) is 0. The van der Waals surface area contributed by atoms with Gasteiger partial charge < -0.3 is 0 Å². The van der Waals surface area contributed by atoms with Gasteiger partial charge in [-0.1, -0.05) is 34.1 Å². The number of hydrogen-bond acceptors (Lipinski definition) is 2. The number of rotatable bonds is 2. The molecule has 2 saturated heterocycles. The molecule has 0 N–H and O–H groups in total. The van der Waals surface area contributed by atoms with Crippen LogP contribution in [0.15, 0.2) is 28.7 Å². The normalized spacial score (nSPS) is 25.9. The first-order chi connectivity index (χ1) is 8.83. The van der Waals surface area contributed by atoms with Gasteiger partial charge in [-0.05, 0) is 50.5 Å². The van der Waals surface area contributed by atoms with Crippen LogP contribution in [0.2, 0.25) is 0 Å². The number of benzene rings is 1. The number of hydrogen-bond donors (Lipinski definition) is 0. The molecule has 3 heteroatoms. The maximum Gasteiger partial charge on any atom is 0.0245 e. The fourth-order valence-electron chi connectivity index (χ4n) is 3.29. The zero-order chi connectivity index (χ0) is 12.4. The molecule has 0 spiro atoms. The van der Waals surface area contributed by atoms with E-state index in [-0.39, 0.29) is 0 Å². The fraction of sp³-hybridized carbons (Fsp3) is 0.600. The largest absolute Gasteiger partial charge is 0.299 e. The standard InChI is InChI=1S/C15H21BrN2/c16-15-7-2-1-5-13(15)11-17-8-4-10-18-9-3-6-14(18)12-17/h1-2,5,7,14H,3-4,6,8-12H2. The quantitative estimate of drug-likeness (QED) is 0.828. The average Bonchev–Trinajstić information content (AvgIpc) is 2.71. The Balaban J connectivity index is 1.67. The first-order valence-corrected chi connectivity index (χ1v) is 7.82. The summed E-state index contributed by atoms with van der Waals surface area (Å²) >= 11 is 3.66. The van der Waals surface area contributed by atoms with Gasteiger partial charge in [-0.2, -0.15) is 0 Å². The Labute approximate surface area is 118 Å². The van der Waals surface area contributed by atoms with Crippen molar-refractivity contribution < 1.29 is 0 Å². The summed E-state index contributed by atoms with van der Waals surface area (Å²) in [5.74, 6) is 0. The van der Waals surface area contributed by atoms with Crippen LogP contribution in [-0.2, 0) is 6.54 Å². The van der Waals surface area contributed by atoms with Crippen molar-refractivity contribution in [3.63, 3.8) is 0 Å². The van der Waals surface area contributed by atoms with Gasteiger partial charge in [0, 0.05) is 23.6 Å². The molecule has 2 aliphatic heterocycles. The van der Waals surface area contributed by atoms with Crippen molar-refractivity contribution in [2.45, 2.75) is 31.8 Å². The molecule has 2 heterocycles. The van der Waals surface area contributed by atoms with Gasteiger partial charge in [0.05, 0.1) is 0 Å². The van der Waals surface area contributed by atoms with E-state index in [0.29, 0.717) is 0 Å². The molecule has 1 unspecified atom stereocenters. The van der Waals surface area contributed by atoms with Crippen molar-refractivity contribution in [2.24, 2.45) is 0 Å². The summed E-state index contributed by atoms with van der Waals surface area (Å²) in [6.45, 7) is 6.21. The summed E-state index contributed by atoms with van der Waals surface area (Å²) < 4.78 is 1.25. The third kappa shape index (κ3) is 2.79. The Morgan fingerprint density at radius 2 is 1.94 bits per heavy atom. The monoisotopic (exact) mass is 308 g/mol. The maximum absolute atomic E-state index is 3.66. The Bertz CT molecular complexity index is 407. The summed E-state index contributed by atoms with van der Waals surface area (Å²) in [6.07, 6.45) is 4.11. The van der Waals surface area contributed by atoms with Crippen LogP contribution in [0.3, 0.4) is 0 Å². The lowest BCUT2D eigenvalue weighted by Crippen LogP contribution is -2.36. The van der Waals surface area contributed by atoms with E-state index < -0.39 is 0 Å². The molecule has 1 aromatic rings. The van der Waals surface area contributed by atoms with E-state index in [0.717, 1.165) is 12.6 Å². The van der Waals surface area contributed by atoms with Crippen molar-refractivity contribution in [3.05, 3.63) is 34.3 Å². The van der Waals surface area contributed by atoms with Crippen LogP contribution in [-0.4, -0.2) is 42.0 Å². The lowest BCUT2D eigenvalue weighted by atomic mass is 10.1. The Hall–Kier alpha value is -0.380. The first-order valence-electron chi connectivity index (χ1n) is 7.03. The summed E-state index contributed by atoms with van der Waals surface area (Å²) in [5, 5.41) is 0. The van der Waals surface area contributed by atoms with Crippen LogP contribution >= 0.6 is 15.9 Å². The topological polar surface area (TPSA) is 6.48 Å². The average molecular weight is 309 g/mol. The molecule has 1 aromatic carbocycles. The molecule has 0 bridgehead atoms. The molecule has 0 saturated carbocycles. The van der Waals surface area contributed by atoms with Gasteiger partial charge >= 0.3 is 0 Å². The fourth-order valence-corrected chi connectivity index (χ4v) is 3.70. The molecule has 0 aromatic heterocycles. The van der Waals surface area contributed by atoms with Gasteiger partial charge in [-0.3, -0.25) is 9.80 Å². The molecule has 1 atom stereocenters. The van der Waals surface area contributed by atoms with Crippen molar-refractivity contribution in [1.82, 2.24) is 9.80 Å². The van der Waals surface area contributed by atoms with Gasteiger partial charge in [-0.15, -0.1) is 0 Å². The summed E-state index contributed by atoms with van der Waals surface area (Å²) in [6, 6.07) is 9.43. The van der Waals surface area contributed by atoms with Gasteiger partial charge in [0.25, 0.3) is 0 Å². The van der Waals surface area contributed by atoms with Crippen molar-refractivity contribution >= 4 is 15.9 Å². The van der Waals surface area contributed by atoms with Crippen LogP contribution in [0.25, 0.3) is 0 Å². The minimum Gasteiger partial charge on any atom is -0.299 e. The number of nitrogens with zero attached hydrogens (tertiary/aromatic N) is 2. The molecule has 0 aliphatic carbocycles. The van der Waals surface area contributed by atoms with Crippen LogP contribution in [0.4, 0.5) is 0 Å². The second kappa shape index (κ2) is 5.72. The minimum atomic E-state index is 0.815. The highest BCUT2D eigenvalue weighted by Gasteiger charge is 2.28. The lowest BCUT2D eigenvalue weighted by molar-refractivity contribution is 0.215. The van der Waals surface area contributed by atoms with Gasteiger partial charge in [-0.25, -0.2) is 0 Å². The van der Waals surface area contributed by atoms with Crippen LogP contribution in [0.1, 0.15) is 24.8 Å². The summed E-state index contributed by atoms with van der Waals surface area (Å²) in [5.41, 5.74) is 1.42.